The van der Waals surface area contributed by atoms with Crippen molar-refractivity contribution in [2.75, 3.05) is 7.05 Å². The molecular weight excluding hydrogens is 214 g/mol. The van der Waals surface area contributed by atoms with Crippen LogP contribution >= 0.6 is 0 Å². The molecule has 1 aliphatic carbocycles. The Morgan fingerprint density at radius 1 is 1.41 bits per heavy atom. The van der Waals surface area contributed by atoms with Crippen LogP contribution in [0.4, 0.5) is 0 Å². The Labute approximate surface area is 103 Å². The van der Waals surface area contributed by atoms with E-state index in [4.69, 9.17) is 4.74 Å². The first-order valence-corrected chi connectivity index (χ1v) is 6.34. The molecule has 1 atom stereocenters. The van der Waals surface area contributed by atoms with Crippen molar-refractivity contribution in [3.63, 3.8) is 0 Å². The Morgan fingerprint density at radius 3 is 2.76 bits per heavy atom. The SMILES string of the molecule is CNC(Cc1cc(OC(C)C)ncn1)C1CC1. The van der Waals surface area contributed by atoms with Gasteiger partial charge in [0.15, 0.2) is 0 Å². The van der Waals surface area contributed by atoms with Crippen molar-refractivity contribution in [1.82, 2.24) is 15.3 Å². The first-order valence-electron chi connectivity index (χ1n) is 6.34. The Kier molecular flexibility index (Phi) is 3.94. The van der Waals surface area contributed by atoms with E-state index in [-0.39, 0.29) is 6.10 Å². The van der Waals surface area contributed by atoms with Crippen LogP contribution in [0.2, 0.25) is 0 Å². The van der Waals surface area contributed by atoms with E-state index in [9.17, 15) is 0 Å². The zero-order valence-corrected chi connectivity index (χ0v) is 10.8. The van der Waals surface area contributed by atoms with Crippen LogP contribution in [0.25, 0.3) is 0 Å². The summed E-state index contributed by atoms with van der Waals surface area (Å²) in [4.78, 5) is 8.43. The van der Waals surface area contributed by atoms with Crippen molar-refractivity contribution >= 4 is 0 Å². The molecule has 1 saturated carbocycles. The van der Waals surface area contributed by atoms with Gasteiger partial charge in [-0.15, -0.1) is 0 Å². The first kappa shape index (κ1) is 12.3. The Morgan fingerprint density at radius 2 is 2.18 bits per heavy atom. The molecule has 4 nitrogen and oxygen atoms in total. The minimum atomic E-state index is 0.154. The Bertz CT molecular complexity index is 363. The van der Waals surface area contributed by atoms with Crippen molar-refractivity contribution in [2.45, 2.75) is 45.3 Å². The van der Waals surface area contributed by atoms with Crippen molar-refractivity contribution in [3.8, 4) is 5.88 Å². The van der Waals surface area contributed by atoms with E-state index in [2.05, 4.69) is 15.3 Å². The molecule has 1 aromatic heterocycles. The number of aromatic nitrogens is 2. The van der Waals surface area contributed by atoms with E-state index in [0.717, 1.165) is 18.0 Å². The molecule has 0 radical (unpaired) electrons. The number of hydrogen-bond donors (Lipinski definition) is 1. The number of ether oxygens (including phenoxy) is 1. The number of nitrogens with one attached hydrogen (secondary N) is 1. The highest BCUT2D eigenvalue weighted by atomic mass is 16.5. The topological polar surface area (TPSA) is 47.0 Å². The molecule has 0 saturated heterocycles. The average molecular weight is 235 g/mol. The maximum Gasteiger partial charge on any atom is 0.216 e. The van der Waals surface area contributed by atoms with Crippen LogP contribution in [0.1, 0.15) is 32.4 Å². The van der Waals surface area contributed by atoms with Gasteiger partial charge in [-0.2, -0.15) is 0 Å². The smallest absolute Gasteiger partial charge is 0.216 e. The highest BCUT2D eigenvalue weighted by molar-refractivity contribution is 5.15. The highest BCUT2D eigenvalue weighted by Crippen LogP contribution is 2.33. The Balaban J connectivity index is 1.99. The molecule has 94 valence electrons. The first-order chi connectivity index (χ1) is 8.19. The molecule has 1 fully saturated rings. The summed E-state index contributed by atoms with van der Waals surface area (Å²) in [7, 11) is 2.02. The molecule has 0 aromatic carbocycles. The van der Waals surface area contributed by atoms with Gasteiger partial charge in [0.1, 0.15) is 6.33 Å². The van der Waals surface area contributed by atoms with Crippen LogP contribution in [-0.4, -0.2) is 29.2 Å². The third-order valence-corrected chi connectivity index (χ3v) is 3.05. The highest BCUT2D eigenvalue weighted by Gasteiger charge is 2.30. The van der Waals surface area contributed by atoms with Crippen LogP contribution in [-0.2, 0) is 6.42 Å². The van der Waals surface area contributed by atoms with Crippen LogP contribution in [0, 0.1) is 5.92 Å². The fraction of sp³-hybridized carbons (Fsp3) is 0.692. The molecule has 4 heteroatoms. The van der Waals surface area contributed by atoms with Gasteiger partial charge in [-0.3, -0.25) is 0 Å². The van der Waals surface area contributed by atoms with Crippen molar-refractivity contribution < 1.29 is 4.74 Å². The predicted octanol–water partition coefficient (Wildman–Crippen LogP) is 1.80. The van der Waals surface area contributed by atoms with Gasteiger partial charge in [0.25, 0.3) is 0 Å². The molecule has 1 heterocycles. The quantitative estimate of drug-likeness (QED) is 0.817. The maximum atomic E-state index is 5.57. The van der Waals surface area contributed by atoms with Crippen LogP contribution in [0.15, 0.2) is 12.4 Å². The van der Waals surface area contributed by atoms with Gasteiger partial charge in [-0.1, -0.05) is 0 Å². The molecule has 0 bridgehead atoms. The van der Waals surface area contributed by atoms with E-state index in [1.807, 2.05) is 27.0 Å². The third-order valence-electron chi connectivity index (χ3n) is 3.05. The number of rotatable bonds is 6. The molecule has 1 aliphatic rings. The van der Waals surface area contributed by atoms with Gasteiger partial charge in [-0.25, -0.2) is 9.97 Å². The lowest BCUT2D eigenvalue weighted by atomic mass is 10.1. The van der Waals surface area contributed by atoms with E-state index in [1.165, 1.54) is 12.8 Å². The standard InChI is InChI=1S/C13H21N3O/c1-9(2)17-13-7-11(15-8-16-13)6-12(14-3)10-4-5-10/h7-10,12,14H,4-6H2,1-3H3. The van der Waals surface area contributed by atoms with Crippen LogP contribution < -0.4 is 10.1 Å². The summed E-state index contributed by atoms with van der Waals surface area (Å²) in [5, 5.41) is 3.37. The summed E-state index contributed by atoms with van der Waals surface area (Å²) in [6.45, 7) is 4.00. The number of nitrogens with zero attached hydrogens (tertiary/aromatic N) is 2. The van der Waals surface area contributed by atoms with Gasteiger partial charge in [0.05, 0.1) is 6.10 Å². The zero-order chi connectivity index (χ0) is 12.3. The van der Waals surface area contributed by atoms with E-state index < -0.39 is 0 Å². The minimum Gasteiger partial charge on any atom is -0.475 e. The van der Waals surface area contributed by atoms with Crippen molar-refractivity contribution in [1.29, 1.82) is 0 Å². The fourth-order valence-corrected chi connectivity index (χ4v) is 2.02. The summed E-state index contributed by atoms with van der Waals surface area (Å²) < 4.78 is 5.57. The second kappa shape index (κ2) is 5.45. The normalized spacial score (nSPS) is 17.2. The molecule has 1 aromatic rings. The third kappa shape index (κ3) is 3.66. The van der Waals surface area contributed by atoms with Crippen molar-refractivity contribution in [2.24, 2.45) is 5.92 Å². The minimum absolute atomic E-state index is 0.154. The molecule has 17 heavy (non-hydrogen) atoms. The summed E-state index contributed by atoms with van der Waals surface area (Å²) in [5.74, 6) is 1.50. The predicted molar refractivity (Wildman–Crippen MR) is 67.1 cm³/mol. The lowest BCUT2D eigenvalue weighted by molar-refractivity contribution is 0.231. The van der Waals surface area contributed by atoms with E-state index in [1.54, 1.807) is 6.33 Å². The zero-order valence-electron chi connectivity index (χ0n) is 10.8. The molecular formula is C13H21N3O. The lowest BCUT2D eigenvalue weighted by Gasteiger charge is -2.15. The number of hydrogen-bond acceptors (Lipinski definition) is 4. The van der Waals surface area contributed by atoms with Gasteiger partial charge in [-0.05, 0) is 39.7 Å². The summed E-state index contributed by atoms with van der Waals surface area (Å²) in [6, 6.07) is 2.49. The fourth-order valence-electron chi connectivity index (χ4n) is 2.02. The lowest BCUT2D eigenvalue weighted by Crippen LogP contribution is -2.30. The largest absolute Gasteiger partial charge is 0.475 e. The Hall–Kier alpha value is -1.16. The van der Waals surface area contributed by atoms with Gasteiger partial charge in [0.2, 0.25) is 5.88 Å². The van der Waals surface area contributed by atoms with E-state index in [0.29, 0.717) is 11.9 Å². The van der Waals surface area contributed by atoms with Gasteiger partial charge in [0, 0.05) is 24.2 Å². The van der Waals surface area contributed by atoms with Crippen LogP contribution in [0.5, 0.6) is 5.88 Å². The van der Waals surface area contributed by atoms with Crippen molar-refractivity contribution in [3.05, 3.63) is 18.1 Å². The molecule has 0 aliphatic heterocycles. The van der Waals surface area contributed by atoms with Gasteiger partial charge >= 0.3 is 0 Å². The molecule has 0 spiro atoms. The van der Waals surface area contributed by atoms with Gasteiger partial charge < -0.3 is 10.1 Å². The second-order valence-electron chi connectivity index (χ2n) is 4.95. The molecule has 1 N–H and O–H groups in total. The monoisotopic (exact) mass is 235 g/mol. The summed E-state index contributed by atoms with van der Waals surface area (Å²) >= 11 is 0. The summed E-state index contributed by atoms with van der Waals surface area (Å²) in [5.41, 5.74) is 1.06. The van der Waals surface area contributed by atoms with Crippen LogP contribution in [0.3, 0.4) is 0 Å². The maximum absolute atomic E-state index is 5.57. The molecule has 1 unspecified atom stereocenters. The molecule has 0 amide bonds. The number of likely N-dealkylation sites (N-methyl/N-ethyl adjacent to an activating group) is 1. The summed E-state index contributed by atoms with van der Waals surface area (Å²) in [6.07, 6.45) is 5.38. The molecule has 2 rings (SSSR count). The average Bonchev–Trinajstić information content (AvgIpc) is 3.09. The second-order valence-corrected chi connectivity index (χ2v) is 4.95. The van der Waals surface area contributed by atoms with E-state index >= 15 is 0 Å².